The number of nitrogens with one attached hydrogen (secondary N) is 1. The van der Waals surface area contributed by atoms with E-state index in [4.69, 9.17) is 0 Å². The van der Waals surface area contributed by atoms with Crippen molar-refractivity contribution in [3.05, 3.63) is 64.7 Å². The number of aromatic hydroxyl groups is 1. The van der Waals surface area contributed by atoms with Gasteiger partial charge in [0.25, 0.3) is 0 Å². The van der Waals surface area contributed by atoms with Crippen LogP contribution in [0, 0.1) is 0 Å². The van der Waals surface area contributed by atoms with Gasteiger partial charge in [-0.15, -0.1) is 12.4 Å². The van der Waals surface area contributed by atoms with E-state index in [9.17, 15) is 5.11 Å². The molecular weight excluding hydrogens is 270 g/mol. The molecule has 20 heavy (non-hydrogen) atoms. The highest BCUT2D eigenvalue weighted by molar-refractivity contribution is 5.85. The van der Waals surface area contributed by atoms with Gasteiger partial charge in [0.2, 0.25) is 0 Å². The van der Waals surface area contributed by atoms with Crippen LogP contribution in [0.2, 0.25) is 0 Å². The van der Waals surface area contributed by atoms with Gasteiger partial charge in [-0.1, -0.05) is 30.3 Å². The molecule has 1 spiro atoms. The Morgan fingerprint density at radius 1 is 1.00 bits per heavy atom. The van der Waals surface area contributed by atoms with E-state index in [0.29, 0.717) is 5.75 Å². The summed E-state index contributed by atoms with van der Waals surface area (Å²) in [4.78, 5) is 0. The minimum absolute atomic E-state index is 0. The van der Waals surface area contributed by atoms with E-state index in [-0.39, 0.29) is 17.9 Å². The number of halogens is 1. The van der Waals surface area contributed by atoms with Crippen LogP contribution in [0.1, 0.15) is 35.1 Å². The van der Waals surface area contributed by atoms with Gasteiger partial charge in [0.15, 0.2) is 0 Å². The Kier molecular flexibility index (Phi) is 3.23. The lowest BCUT2D eigenvalue weighted by molar-refractivity contribution is 0.369. The van der Waals surface area contributed by atoms with E-state index in [0.717, 1.165) is 19.4 Å². The summed E-state index contributed by atoms with van der Waals surface area (Å²) in [6.07, 6.45) is 3.47. The van der Waals surface area contributed by atoms with Gasteiger partial charge in [0.1, 0.15) is 5.75 Å². The third kappa shape index (κ3) is 1.75. The van der Waals surface area contributed by atoms with E-state index < -0.39 is 0 Å². The van der Waals surface area contributed by atoms with Crippen molar-refractivity contribution < 1.29 is 5.11 Å². The molecule has 2 aliphatic rings. The molecule has 1 atom stereocenters. The first-order chi connectivity index (χ1) is 9.29. The van der Waals surface area contributed by atoms with Gasteiger partial charge >= 0.3 is 0 Å². The number of rotatable bonds is 0. The van der Waals surface area contributed by atoms with Gasteiger partial charge in [0.05, 0.1) is 5.54 Å². The molecule has 0 bridgehead atoms. The van der Waals surface area contributed by atoms with Crippen LogP contribution in [0.25, 0.3) is 0 Å². The van der Waals surface area contributed by atoms with Crippen molar-refractivity contribution in [2.24, 2.45) is 0 Å². The molecule has 2 aromatic carbocycles. The van der Waals surface area contributed by atoms with Crippen molar-refractivity contribution in [1.82, 2.24) is 5.32 Å². The summed E-state index contributed by atoms with van der Waals surface area (Å²) in [5, 5.41) is 13.5. The van der Waals surface area contributed by atoms with Crippen LogP contribution in [0.5, 0.6) is 5.75 Å². The van der Waals surface area contributed by atoms with Gasteiger partial charge in [-0.3, -0.25) is 5.32 Å². The molecule has 1 heterocycles. The van der Waals surface area contributed by atoms with Gasteiger partial charge in [-0.05, 0) is 53.6 Å². The minimum atomic E-state index is -0.0804. The quantitative estimate of drug-likeness (QED) is 0.777. The number of fused-ring (bicyclic) bond motifs is 4. The van der Waals surface area contributed by atoms with Gasteiger partial charge in [0, 0.05) is 6.54 Å². The van der Waals surface area contributed by atoms with Crippen molar-refractivity contribution in [3.63, 3.8) is 0 Å². The fraction of sp³-hybridized carbons (Fsp3) is 0.294. The summed E-state index contributed by atoms with van der Waals surface area (Å²) < 4.78 is 0. The van der Waals surface area contributed by atoms with Crippen LogP contribution < -0.4 is 5.32 Å². The normalized spacial score (nSPS) is 23.0. The lowest BCUT2D eigenvalue weighted by Gasteiger charge is -2.37. The number of hydrogen-bond donors (Lipinski definition) is 2. The second-order valence-corrected chi connectivity index (χ2v) is 5.61. The standard InChI is InChI=1S/C17H17NO.ClH/c19-14-8-7-13-11-18-17(16(13)10-14)9-3-5-12-4-1-2-6-15(12)17;/h1-2,4,6-8,10,18-19H,3,5,9,11H2;1H. The molecule has 3 heteroatoms. The highest BCUT2D eigenvalue weighted by Gasteiger charge is 2.42. The summed E-state index contributed by atoms with van der Waals surface area (Å²) in [5.74, 6) is 0.366. The first-order valence-corrected chi connectivity index (χ1v) is 6.95. The van der Waals surface area contributed by atoms with Crippen molar-refractivity contribution >= 4 is 12.4 Å². The van der Waals surface area contributed by atoms with E-state index in [1.54, 1.807) is 6.07 Å². The summed E-state index contributed by atoms with van der Waals surface area (Å²) in [6, 6.07) is 14.5. The molecule has 0 fully saturated rings. The molecule has 0 saturated carbocycles. The summed E-state index contributed by atoms with van der Waals surface area (Å²) in [6.45, 7) is 0.893. The SMILES string of the molecule is Cl.Oc1ccc2c(c1)C1(CCCc3ccccc31)NC2. The zero-order chi connectivity index (χ0) is 12.9. The maximum absolute atomic E-state index is 9.83. The Morgan fingerprint density at radius 2 is 1.85 bits per heavy atom. The Hall–Kier alpha value is -1.51. The van der Waals surface area contributed by atoms with Gasteiger partial charge < -0.3 is 5.11 Å². The van der Waals surface area contributed by atoms with Crippen LogP contribution >= 0.6 is 12.4 Å². The summed E-state index contributed by atoms with van der Waals surface area (Å²) >= 11 is 0. The highest BCUT2D eigenvalue weighted by atomic mass is 35.5. The maximum atomic E-state index is 9.83. The first-order valence-electron chi connectivity index (χ1n) is 6.95. The van der Waals surface area contributed by atoms with Gasteiger partial charge in [-0.2, -0.15) is 0 Å². The minimum Gasteiger partial charge on any atom is -0.508 e. The second kappa shape index (κ2) is 4.80. The number of phenols is 1. The fourth-order valence-electron chi connectivity index (χ4n) is 3.75. The third-order valence-electron chi connectivity index (χ3n) is 4.61. The summed E-state index contributed by atoms with van der Waals surface area (Å²) in [7, 11) is 0. The average molecular weight is 288 g/mol. The number of phenolic OH excluding ortho intramolecular Hbond substituents is 1. The molecular formula is C17H18ClNO. The smallest absolute Gasteiger partial charge is 0.115 e. The zero-order valence-electron chi connectivity index (χ0n) is 11.2. The molecule has 1 aliphatic heterocycles. The number of aryl methyl sites for hydroxylation is 1. The lowest BCUT2D eigenvalue weighted by Crippen LogP contribution is -2.41. The second-order valence-electron chi connectivity index (χ2n) is 5.61. The van der Waals surface area contributed by atoms with E-state index in [1.165, 1.54) is 28.7 Å². The molecule has 1 aliphatic carbocycles. The van der Waals surface area contributed by atoms with Crippen LogP contribution in [-0.2, 0) is 18.5 Å². The predicted molar refractivity (Wildman–Crippen MR) is 82.4 cm³/mol. The van der Waals surface area contributed by atoms with Crippen LogP contribution in [-0.4, -0.2) is 5.11 Å². The maximum Gasteiger partial charge on any atom is 0.115 e. The molecule has 0 aromatic heterocycles. The lowest BCUT2D eigenvalue weighted by atomic mass is 9.73. The molecule has 1 unspecified atom stereocenters. The molecule has 0 amide bonds. The van der Waals surface area contributed by atoms with E-state index >= 15 is 0 Å². The highest BCUT2D eigenvalue weighted by Crippen LogP contribution is 2.45. The Morgan fingerprint density at radius 3 is 2.75 bits per heavy atom. The Balaban J connectivity index is 0.00000121. The monoisotopic (exact) mass is 287 g/mol. The fourth-order valence-corrected chi connectivity index (χ4v) is 3.75. The number of benzene rings is 2. The topological polar surface area (TPSA) is 32.3 Å². The van der Waals surface area contributed by atoms with Crippen LogP contribution in [0.3, 0.4) is 0 Å². The molecule has 0 radical (unpaired) electrons. The number of hydrogen-bond acceptors (Lipinski definition) is 2. The van der Waals surface area contributed by atoms with Crippen molar-refractivity contribution in [1.29, 1.82) is 0 Å². The van der Waals surface area contributed by atoms with Crippen molar-refractivity contribution in [2.45, 2.75) is 31.3 Å². The van der Waals surface area contributed by atoms with E-state index in [1.807, 2.05) is 12.1 Å². The molecule has 104 valence electrons. The third-order valence-corrected chi connectivity index (χ3v) is 4.61. The van der Waals surface area contributed by atoms with Crippen LogP contribution in [0.15, 0.2) is 42.5 Å². The molecule has 2 aromatic rings. The van der Waals surface area contributed by atoms with Crippen molar-refractivity contribution in [3.8, 4) is 5.75 Å². The molecule has 2 N–H and O–H groups in total. The van der Waals surface area contributed by atoms with Crippen molar-refractivity contribution in [2.75, 3.05) is 0 Å². The van der Waals surface area contributed by atoms with Crippen LogP contribution in [0.4, 0.5) is 0 Å². The average Bonchev–Trinajstić information content (AvgIpc) is 2.79. The molecule has 2 nitrogen and oxygen atoms in total. The zero-order valence-corrected chi connectivity index (χ0v) is 12.0. The largest absolute Gasteiger partial charge is 0.508 e. The Labute approximate surface area is 125 Å². The molecule has 0 saturated heterocycles. The van der Waals surface area contributed by atoms with E-state index in [2.05, 4.69) is 29.6 Å². The predicted octanol–water partition coefficient (Wildman–Crippen LogP) is 3.50. The first kappa shape index (κ1) is 13.5. The Bertz CT molecular complexity index is 655. The molecule has 4 rings (SSSR count). The summed E-state index contributed by atoms with van der Waals surface area (Å²) in [5.41, 5.74) is 5.33. The van der Waals surface area contributed by atoms with Gasteiger partial charge in [-0.25, -0.2) is 0 Å².